The van der Waals surface area contributed by atoms with Crippen LogP contribution < -0.4 is 4.90 Å². The molecule has 152 valence electrons. The Balaban J connectivity index is 1.67. The Morgan fingerprint density at radius 2 is 1.83 bits per heavy atom. The average Bonchev–Trinajstić information content (AvgIpc) is 3.19. The quantitative estimate of drug-likeness (QED) is 0.540. The second-order valence-electron chi connectivity index (χ2n) is 7.29. The van der Waals surface area contributed by atoms with Gasteiger partial charge in [0.25, 0.3) is 5.91 Å². The van der Waals surface area contributed by atoms with Gasteiger partial charge >= 0.3 is 0 Å². The van der Waals surface area contributed by atoms with Crippen molar-refractivity contribution in [3.63, 3.8) is 0 Å². The van der Waals surface area contributed by atoms with Gasteiger partial charge in [0, 0.05) is 36.2 Å². The zero-order valence-electron chi connectivity index (χ0n) is 16.7. The Labute approximate surface area is 183 Å². The highest BCUT2D eigenvalue weighted by molar-refractivity contribution is 9.10. The number of morpholine rings is 1. The summed E-state index contributed by atoms with van der Waals surface area (Å²) in [5.41, 5.74) is 3.99. The van der Waals surface area contributed by atoms with Crippen LogP contribution in [0.2, 0.25) is 0 Å². The first kappa shape index (κ1) is 20.5. The van der Waals surface area contributed by atoms with Crippen LogP contribution in [-0.4, -0.2) is 55.2 Å². The number of fused-ring (bicyclic) bond motifs is 1. The van der Waals surface area contributed by atoms with E-state index < -0.39 is 0 Å². The number of ether oxygens (including phenoxy) is 1. The third kappa shape index (κ3) is 4.53. The maximum absolute atomic E-state index is 13.4. The maximum Gasteiger partial charge on any atom is 0.260 e. The molecule has 0 unspecified atom stereocenters. The fraction of sp³-hybridized carbons (Fsp3) is 0.364. The lowest BCUT2D eigenvalue weighted by molar-refractivity contribution is 0.0391. The zero-order chi connectivity index (χ0) is 20.4. The lowest BCUT2D eigenvalue weighted by Crippen LogP contribution is -2.43. The Bertz CT molecular complexity index is 974. The van der Waals surface area contributed by atoms with Crippen molar-refractivity contribution >= 4 is 48.5 Å². The van der Waals surface area contributed by atoms with Crippen molar-refractivity contribution in [3.8, 4) is 0 Å². The molecule has 1 aliphatic heterocycles. The number of rotatable bonds is 5. The number of nitrogens with zero attached hydrogens (tertiary/aromatic N) is 3. The molecular weight excluding hydrogens is 450 g/mol. The van der Waals surface area contributed by atoms with E-state index in [0.29, 0.717) is 12.1 Å². The molecule has 7 heteroatoms. The molecule has 4 rings (SSSR count). The van der Waals surface area contributed by atoms with Crippen LogP contribution in [0.15, 0.2) is 40.9 Å². The summed E-state index contributed by atoms with van der Waals surface area (Å²) in [5, 5.41) is 0.763. The Morgan fingerprint density at radius 3 is 2.52 bits per heavy atom. The molecule has 0 spiro atoms. The Kier molecular flexibility index (Phi) is 6.29. The normalized spacial score (nSPS) is 15.0. The molecule has 0 atom stereocenters. The molecule has 0 bridgehead atoms. The summed E-state index contributed by atoms with van der Waals surface area (Å²) in [4.78, 5) is 22.5. The number of carbonyl (C=O) groups is 1. The number of halogens is 1. The number of benzene rings is 2. The number of thiazole rings is 1. The second-order valence-corrected chi connectivity index (χ2v) is 9.18. The van der Waals surface area contributed by atoms with Crippen molar-refractivity contribution in [2.24, 2.45) is 0 Å². The van der Waals surface area contributed by atoms with Crippen LogP contribution in [0.5, 0.6) is 0 Å². The SMILES string of the molecule is Cc1ccc(C)c2sc(N(CCN3CCOCC3)C(=O)c3ccc(Br)cc3)nc12. The van der Waals surface area contributed by atoms with E-state index in [4.69, 9.17) is 9.72 Å². The van der Waals surface area contributed by atoms with Gasteiger partial charge in [-0.1, -0.05) is 39.4 Å². The number of aromatic nitrogens is 1. The maximum atomic E-state index is 13.4. The standard InChI is InChI=1S/C22H24BrN3O2S/c1-15-3-4-16(2)20-19(15)24-22(29-20)26(10-9-25-11-13-28-14-12-25)21(27)17-5-7-18(23)8-6-17/h3-8H,9-14H2,1-2H3. The van der Waals surface area contributed by atoms with Crippen LogP contribution in [0.4, 0.5) is 5.13 Å². The molecule has 5 nitrogen and oxygen atoms in total. The molecule has 2 heterocycles. The van der Waals surface area contributed by atoms with Crippen LogP contribution in [0.3, 0.4) is 0 Å². The van der Waals surface area contributed by atoms with Crippen LogP contribution in [0.25, 0.3) is 10.2 Å². The molecule has 1 aliphatic rings. The molecule has 1 fully saturated rings. The van der Waals surface area contributed by atoms with Crippen molar-refractivity contribution in [2.45, 2.75) is 13.8 Å². The summed E-state index contributed by atoms with van der Waals surface area (Å²) in [6.45, 7) is 8.88. The number of aryl methyl sites for hydroxylation is 2. The molecule has 1 saturated heterocycles. The molecule has 3 aromatic rings. The number of carbonyl (C=O) groups excluding carboxylic acids is 1. The van der Waals surface area contributed by atoms with Gasteiger partial charge in [-0.15, -0.1) is 0 Å². The molecule has 1 amide bonds. The van der Waals surface area contributed by atoms with E-state index in [2.05, 4.69) is 46.8 Å². The monoisotopic (exact) mass is 473 g/mol. The van der Waals surface area contributed by atoms with E-state index in [1.807, 2.05) is 29.2 Å². The summed E-state index contributed by atoms with van der Waals surface area (Å²) >= 11 is 5.05. The number of hydrogen-bond acceptors (Lipinski definition) is 5. The van der Waals surface area contributed by atoms with Crippen molar-refractivity contribution in [2.75, 3.05) is 44.3 Å². The van der Waals surface area contributed by atoms with Gasteiger partial charge < -0.3 is 4.74 Å². The molecular formula is C22H24BrN3O2S. The molecule has 1 aromatic heterocycles. The van der Waals surface area contributed by atoms with Gasteiger partial charge in [-0.2, -0.15) is 0 Å². The van der Waals surface area contributed by atoms with Gasteiger partial charge in [-0.25, -0.2) is 4.98 Å². The van der Waals surface area contributed by atoms with E-state index in [1.54, 1.807) is 11.3 Å². The van der Waals surface area contributed by atoms with Gasteiger partial charge in [0.15, 0.2) is 5.13 Å². The van der Waals surface area contributed by atoms with Crippen LogP contribution in [0.1, 0.15) is 21.5 Å². The Morgan fingerprint density at radius 1 is 1.14 bits per heavy atom. The summed E-state index contributed by atoms with van der Waals surface area (Å²) in [5.74, 6) is -0.0138. The highest BCUT2D eigenvalue weighted by atomic mass is 79.9. The first-order chi connectivity index (χ1) is 14.0. The van der Waals surface area contributed by atoms with Crippen LogP contribution >= 0.6 is 27.3 Å². The highest BCUT2D eigenvalue weighted by Crippen LogP contribution is 2.33. The number of hydrogen-bond donors (Lipinski definition) is 0. The third-order valence-electron chi connectivity index (χ3n) is 5.24. The lowest BCUT2D eigenvalue weighted by Gasteiger charge is -2.29. The summed E-state index contributed by atoms with van der Waals surface area (Å²) in [6.07, 6.45) is 0. The highest BCUT2D eigenvalue weighted by Gasteiger charge is 2.23. The van der Waals surface area contributed by atoms with Crippen LogP contribution in [-0.2, 0) is 4.74 Å². The predicted molar refractivity (Wildman–Crippen MR) is 122 cm³/mol. The first-order valence-electron chi connectivity index (χ1n) is 9.77. The number of anilines is 1. The van der Waals surface area contributed by atoms with E-state index >= 15 is 0 Å². The fourth-order valence-corrected chi connectivity index (χ4v) is 4.86. The molecule has 29 heavy (non-hydrogen) atoms. The third-order valence-corrected chi connectivity index (χ3v) is 6.98. The molecule has 0 N–H and O–H groups in total. The van der Waals surface area contributed by atoms with E-state index in [0.717, 1.165) is 58.2 Å². The smallest absolute Gasteiger partial charge is 0.260 e. The van der Waals surface area contributed by atoms with Gasteiger partial charge in [0.05, 0.1) is 23.4 Å². The van der Waals surface area contributed by atoms with Gasteiger partial charge in [-0.05, 0) is 49.2 Å². The van der Waals surface area contributed by atoms with E-state index in [9.17, 15) is 4.79 Å². The topological polar surface area (TPSA) is 45.7 Å². The minimum Gasteiger partial charge on any atom is -0.379 e. The Hall–Kier alpha value is -1.80. The predicted octanol–water partition coefficient (Wildman–Crippen LogP) is 4.65. The van der Waals surface area contributed by atoms with Gasteiger partial charge in [-0.3, -0.25) is 14.6 Å². The summed E-state index contributed by atoms with van der Waals surface area (Å²) in [6, 6.07) is 11.7. The first-order valence-corrected chi connectivity index (χ1v) is 11.4. The zero-order valence-corrected chi connectivity index (χ0v) is 19.1. The van der Waals surface area contributed by atoms with E-state index in [1.165, 1.54) is 5.56 Å². The molecule has 0 saturated carbocycles. The number of amides is 1. The van der Waals surface area contributed by atoms with Crippen LogP contribution in [0, 0.1) is 13.8 Å². The summed E-state index contributed by atoms with van der Waals surface area (Å²) in [7, 11) is 0. The largest absolute Gasteiger partial charge is 0.379 e. The van der Waals surface area contributed by atoms with Crippen molar-refractivity contribution in [1.82, 2.24) is 9.88 Å². The second kappa shape index (κ2) is 8.92. The van der Waals surface area contributed by atoms with E-state index in [-0.39, 0.29) is 5.91 Å². The molecule has 2 aromatic carbocycles. The summed E-state index contributed by atoms with van der Waals surface area (Å²) < 4.78 is 7.56. The minimum atomic E-state index is -0.0138. The van der Waals surface area contributed by atoms with Gasteiger partial charge in [0.2, 0.25) is 0 Å². The molecule has 0 aliphatic carbocycles. The van der Waals surface area contributed by atoms with Crippen molar-refractivity contribution < 1.29 is 9.53 Å². The van der Waals surface area contributed by atoms with Crippen molar-refractivity contribution in [3.05, 3.63) is 57.6 Å². The fourth-order valence-electron chi connectivity index (χ4n) is 3.46. The lowest BCUT2D eigenvalue weighted by atomic mass is 10.1. The van der Waals surface area contributed by atoms with Crippen molar-refractivity contribution in [1.29, 1.82) is 0 Å². The molecule has 0 radical (unpaired) electrons. The van der Waals surface area contributed by atoms with Gasteiger partial charge in [0.1, 0.15) is 0 Å². The minimum absolute atomic E-state index is 0.0138. The average molecular weight is 474 g/mol.